The molecular formula is C22H13Cl2FO3. The molecule has 0 aliphatic heterocycles. The third-order valence-electron chi connectivity index (χ3n) is 3.83. The van der Waals surface area contributed by atoms with Crippen LogP contribution < -0.4 is 4.74 Å². The molecule has 0 heterocycles. The van der Waals surface area contributed by atoms with Gasteiger partial charge in [0.15, 0.2) is 5.78 Å². The van der Waals surface area contributed by atoms with E-state index in [1.54, 1.807) is 30.3 Å². The number of allylic oxidation sites excluding steroid dienone is 1. The first-order valence-electron chi connectivity index (χ1n) is 8.18. The number of hydrogen-bond acceptors (Lipinski definition) is 3. The number of carbonyl (C=O) groups is 2. The number of halogens is 3. The van der Waals surface area contributed by atoms with E-state index in [2.05, 4.69) is 0 Å². The van der Waals surface area contributed by atoms with Crippen LogP contribution in [0.2, 0.25) is 10.0 Å². The summed E-state index contributed by atoms with van der Waals surface area (Å²) in [6, 6.07) is 16.6. The van der Waals surface area contributed by atoms with Gasteiger partial charge in [0.05, 0.1) is 10.6 Å². The molecule has 0 unspecified atom stereocenters. The van der Waals surface area contributed by atoms with Crippen molar-refractivity contribution >= 4 is 41.0 Å². The summed E-state index contributed by atoms with van der Waals surface area (Å²) >= 11 is 11.7. The van der Waals surface area contributed by atoms with E-state index >= 15 is 0 Å². The Balaban J connectivity index is 1.68. The molecule has 3 aromatic carbocycles. The van der Waals surface area contributed by atoms with Crippen molar-refractivity contribution in [3.63, 3.8) is 0 Å². The van der Waals surface area contributed by atoms with Gasteiger partial charge in [-0.3, -0.25) is 4.79 Å². The van der Waals surface area contributed by atoms with Crippen LogP contribution in [0.3, 0.4) is 0 Å². The second-order valence-electron chi connectivity index (χ2n) is 5.75. The normalized spacial score (nSPS) is 10.8. The maximum absolute atomic E-state index is 13.7. The zero-order chi connectivity index (χ0) is 20.1. The third kappa shape index (κ3) is 4.85. The van der Waals surface area contributed by atoms with E-state index in [4.69, 9.17) is 27.9 Å². The minimum absolute atomic E-state index is 0.144. The molecule has 0 saturated heterocycles. The van der Waals surface area contributed by atoms with Gasteiger partial charge in [0.1, 0.15) is 11.6 Å². The smallest absolute Gasteiger partial charge is 0.343 e. The third-order valence-corrected chi connectivity index (χ3v) is 4.41. The maximum atomic E-state index is 13.7. The molecule has 28 heavy (non-hydrogen) atoms. The highest BCUT2D eigenvalue weighted by Gasteiger charge is 2.10. The fourth-order valence-electron chi connectivity index (χ4n) is 2.36. The van der Waals surface area contributed by atoms with Crippen LogP contribution in [0.25, 0.3) is 6.08 Å². The molecule has 0 amide bonds. The van der Waals surface area contributed by atoms with Gasteiger partial charge in [-0.1, -0.05) is 29.3 Å². The Labute approximate surface area is 171 Å². The van der Waals surface area contributed by atoms with E-state index < -0.39 is 11.8 Å². The predicted molar refractivity (Wildman–Crippen MR) is 108 cm³/mol. The SMILES string of the molecule is O=C(/C=C/c1c(F)cccc1Cl)c1ccc(OC(=O)c2ccc(Cl)cc2)cc1. The van der Waals surface area contributed by atoms with Crippen LogP contribution in [-0.2, 0) is 0 Å². The Morgan fingerprint density at radius 3 is 2.14 bits per heavy atom. The van der Waals surface area contributed by atoms with Crippen LogP contribution >= 0.6 is 23.2 Å². The molecule has 0 aliphatic rings. The molecule has 0 saturated carbocycles. The zero-order valence-corrected chi connectivity index (χ0v) is 15.9. The quantitative estimate of drug-likeness (QED) is 0.214. The maximum Gasteiger partial charge on any atom is 0.343 e. The second kappa shape index (κ2) is 8.83. The zero-order valence-electron chi connectivity index (χ0n) is 14.4. The van der Waals surface area contributed by atoms with E-state index in [1.165, 1.54) is 48.6 Å². The molecule has 0 spiro atoms. The number of ketones is 1. The first-order chi connectivity index (χ1) is 13.4. The Bertz CT molecular complexity index is 1020. The van der Waals surface area contributed by atoms with Crippen LogP contribution in [0.15, 0.2) is 72.8 Å². The number of carbonyl (C=O) groups excluding carboxylic acids is 2. The molecule has 0 atom stereocenters. The van der Waals surface area contributed by atoms with Crippen LogP contribution in [0.4, 0.5) is 4.39 Å². The van der Waals surface area contributed by atoms with E-state index in [9.17, 15) is 14.0 Å². The van der Waals surface area contributed by atoms with Crippen molar-refractivity contribution in [2.75, 3.05) is 0 Å². The van der Waals surface area contributed by atoms with Gasteiger partial charge in [-0.2, -0.15) is 0 Å². The minimum atomic E-state index is -0.537. The van der Waals surface area contributed by atoms with Crippen LogP contribution in [0.5, 0.6) is 5.75 Å². The molecule has 3 rings (SSSR count). The van der Waals surface area contributed by atoms with Crippen molar-refractivity contribution < 1.29 is 18.7 Å². The molecule has 0 aliphatic carbocycles. The lowest BCUT2D eigenvalue weighted by atomic mass is 10.1. The van der Waals surface area contributed by atoms with Gasteiger partial charge in [-0.15, -0.1) is 0 Å². The topological polar surface area (TPSA) is 43.4 Å². The van der Waals surface area contributed by atoms with Crippen molar-refractivity contribution in [3.05, 3.63) is 105 Å². The van der Waals surface area contributed by atoms with Crippen molar-refractivity contribution in [3.8, 4) is 5.75 Å². The van der Waals surface area contributed by atoms with Gasteiger partial charge >= 0.3 is 5.97 Å². The van der Waals surface area contributed by atoms with Gasteiger partial charge in [-0.25, -0.2) is 9.18 Å². The van der Waals surface area contributed by atoms with Crippen molar-refractivity contribution in [1.82, 2.24) is 0 Å². The molecule has 0 aromatic heterocycles. The number of ether oxygens (including phenoxy) is 1. The van der Waals surface area contributed by atoms with Gasteiger partial charge in [0, 0.05) is 16.1 Å². The van der Waals surface area contributed by atoms with Crippen LogP contribution in [-0.4, -0.2) is 11.8 Å². The fourth-order valence-corrected chi connectivity index (χ4v) is 2.72. The first-order valence-corrected chi connectivity index (χ1v) is 8.94. The summed E-state index contributed by atoms with van der Waals surface area (Å²) < 4.78 is 19.0. The van der Waals surface area contributed by atoms with Crippen molar-refractivity contribution in [2.45, 2.75) is 0 Å². The van der Waals surface area contributed by atoms with Gasteiger partial charge in [0.2, 0.25) is 0 Å². The van der Waals surface area contributed by atoms with E-state index in [-0.39, 0.29) is 22.1 Å². The lowest BCUT2D eigenvalue weighted by Crippen LogP contribution is -2.08. The Morgan fingerprint density at radius 1 is 0.857 bits per heavy atom. The van der Waals surface area contributed by atoms with E-state index in [0.29, 0.717) is 16.1 Å². The summed E-state index contributed by atoms with van der Waals surface area (Å²) in [5.41, 5.74) is 0.857. The summed E-state index contributed by atoms with van der Waals surface area (Å²) in [6.45, 7) is 0. The Kier molecular flexibility index (Phi) is 6.24. The highest BCUT2D eigenvalue weighted by molar-refractivity contribution is 6.32. The van der Waals surface area contributed by atoms with Crippen molar-refractivity contribution in [1.29, 1.82) is 0 Å². The first kappa shape index (κ1) is 19.8. The van der Waals surface area contributed by atoms with Crippen molar-refractivity contribution in [2.24, 2.45) is 0 Å². The number of hydrogen-bond donors (Lipinski definition) is 0. The molecule has 3 nitrogen and oxygen atoms in total. The molecule has 6 heteroatoms. The molecular weight excluding hydrogens is 402 g/mol. The number of benzene rings is 3. The van der Waals surface area contributed by atoms with Gasteiger partial charge in [0.25, 0.3) is 0 Å². The highest BCUT2D eigenvalue weighted by Crippen LogP contribution is 2.21. The lowest BCUT2D eigenvalue weighted by Gasteiger charge is -2.05. The standard InChI is InChI=1S/C22H13Cl2FO3/c23-16-8-4-15(5-9-16)22(27)28-17-10-6-14(7-11-17)21(26)13-12-18-19(24)2-1-3-20(18)25/h1-13H/b13-12+. The molecule has 140 valence electrons. The summed E-state index contributed by atoms with van der Waals surface area (Å²) in [6.07, 6.45) is 2.56. The number of rotatable bonds is 5. The largest absolute Gasteiger partial charge is 0.423 e. The van der Waals surface area contributed by atoms with E-state index in [1.807, 2.05) is 0 Å². The molecule has 0 radical (unpaired) electrons. The molecule has 0 bridgehead atoms. The Hall–Kier alpha value is -2.95. The highest BCUT2D eigenvalue weighted by atomic mass is 35.5. The molecule has 3 aromatic rings. The summed E-state index contributed by atoms with van der Waals surface area (Å²) in [4.78, 5) is 24.3. The summed E-state index contributed by atoms with van der Waals surface area (Å²) in [5.74, 6) is -1.10. The average Bonchev–Trinajstić information content (AvgIpc) is 2.68. The predicted octanol–water partition coefficient (Wildman–Crippen LogP) is 6.25. The van der Waals surface area contributed by atoms with Crippen LogP contribution in [0, 0.1) is 5.82 Å². The average molecular weight is 415 g/mol. The van der Waals surface area contributed by atoms with Gasteiger partial charge < -0.3 is 4.74 Å². The van der Waals surface area contributed by atoms with E-state index in [0.717, 1.165) is 0 Å². The Morgan fingerprint density at radius 2 is 1.50 bits per heavy atom. The summed E-state index contributed by atoms with van der Waals surface area (Å²) in [7, 11) is 0. The summed E-state index contributed by atoms with van der Waals surface area (Å²) in [5, 5.41) is 0.734. The number of esters is 1. The molecule has 0 N–H and O–H groups in total. The minimum Gasteiger partial charge on any atom is -0.423 e. The lowest BCUT2D eigenvalue weighted by molar-refractivity contribution is 0.0734. The van der Waals surface area contributed by atoms with Gasteiger partial charge in [-0.05, 0) is 72.8 Å². The second-order valence-corrected chi connectivity index (χ2v) is 6.60. The van der Waals surface area contributed by atoms with Crippen LogP contribution in [0.1, 0.15) is 26.3 Å². The fraction of sp³-hybridized carbons (Fsp3) is 0. The molecule has 0 fully saturated rings. The monoisotopic (exact) mass is 414 g/mol.